The van der Waals surface area contributed by atoms with Crippen LogP contribution in [-0.4, -0.2) is 20.1 Å². The van der Waals surface area contributed by atoms with Crippen molar-refractivity contribution in [2.45, 2.75) is 0 Å². The van der Waals surface area contributed by atoms with Crippen LogP contribution in [0.1, 0.15) is 10.4 Å². The summed E-state index contributed by atoms with van der Waals surface area (Å²) in [6.45, 7) is 0. The molecule has 0 saturated carbocycles. The van der Waals surface area contributed by atoms with Gasteiger partial charge in [-0.1, -0.05) is 17.7 Å². The molecule has 0 aromatic heterocycles. The molecule has 0 aliphatic rings. The van der Waals surface area contributed by atoms with E-state index in [0.29, 0.717) is 27.8 Å². The number of hydrogen-bond acceptors (Lipinski definition) is 4. The van der Waals surface area contributed by atoms with Crippen LogP contribution in [-0.2, 0) is 0 Å². The van der Waals surface area contributed by atoms with E-state index >= 15 is 0 Å². The molecule has 2 aromatic rings. The number of halogens is 1. The molecule has 6 heteroatoms. The summed E-state index contributed by atoms with van der Waals surface area (Å²) in [5, 5.41) is 3.08. The highest BCUT2D eigenvalue weighted by molar-refractivity contribution is 6.34. The molecule has 2 aromatic carbocycles. The number of nitrogen functional groups attached to an aromatic ring is 1. The molecule has 0 unspecified atom stereocenters. The van der Waals surface area contributed by atoms with Crippen molar-refractivity contribution < 1.29 is 14.3 Å². The Labute approximate surface area is 127 Å². The van der Waals surface area contributed by atoms with Crippen LogP contribution in [0.2, 0.25) is 5.02 Å². The summed E-state index contributed by atoms with van der Waals surface area (Å²) < 4.78 is 10.3. The summed E-state index contributed by atoms with van der Waals surface area (Å²) >= 11 is 5.91. The maximum Gasteiger partial charge on any atom is 0.257 e. The number of para-hydroxylation sites is 1. The lowest BCUT2D eigenvalue weighted by atomic mass is 10.1. The van der Waals surface area contributed by atoms with Crippen molar-refractivity contribution in [2.24, 2.45) is 0 Å². The second kappa shape index (κ2) is 6.37. The molecular formula is C15H15ClN2O3. The Morgan fingerprint density at radius 1 is 1.14 bits per heavy atom. The molecule has 3 N–H and O–H groups in total. The topological polar surface area (TPSA) is 73.6 Å². The van der Waals surface area contributed by atoms with Crippen molar-refractivity contribution in [1.29, 1.82) is 0 Å². The van der Waals surface area contributed by atoms with Gasteiger partial charge in [0.1, 0.15) is 0 Å². The fraction of sp³-hybridized carbons (Fsp3) is 0.133. The number of ether oxygens (including phenoxy) is 2. The van der Waals surface area contributed by atoms with Crippen LogP contribution in [0.3, 0.4) is 0 Å². The zero-order valence-electron chi connectivity index (χ0n) is 11.6. The first-order valence-corrected chi connectivity index (χ1v) is 6.52. The van der Waals surface area contributed by atoms with Gasteiger partial charge in [0, 0.05) is 11.8 Å². The van der Waals surface area contributed by atoms with Crippen molar-refractivity contribution in [1.82, 2.24) is 0 Å². The van der Waals surface area contributed by atoms with Gasteiger partial charge in [-0.2, -0.15) is 0 Å². The standard InChI is InChI=1S/C15H15ClN2O3/c1-20-12-7-6-9(8-13(12)21-2)18-15(19)10-4-3-5-11(16)14(10)17/h3-8H,17H2,1-2H3,(H,18,19). The van der Waals surface area contributed by atoms with E-state index in [2.05, 4.69) is 5.32 Å². The van der Waals surface area contributed by atoms with E-state index in [0.717, 1.165) is 0 Å². The summed E-state index contributed by atoms with van der Waals surface area (Å²) in [6.07, 6.45) is 0. The Bertz CT molecular complexity index is 674. The van der Waals surface area contributed by atoms with E-state index in [-0.39, 0.29) is 11.6 Å². The lowest BCUT2D eigenvalue weighted by Crippen LogP contribution is -2.14. The number of anilines is 2. The smallest absolute Gasteiger partial charge is 0.257 e. The van der Waals surface area contributed by atoms with Crippen LogP contribution >= 0.6 is 11.6 Å². The fourth-order valence-corrected chi connectivity index (χ4v) is 2.02. The Hall–Kier alpha value is -2.40. The molecule has 0 atom stereocenters. The predicted octanol–water partition coefficient (Wildman–Crippen LogP) is 3.19. The second-order valence-corrected chi connectivity index (χ2v) is 4.63. The van der Waals surface area contributed by atoms with E-state index in [1.807, 2.05) is 0 Å². The maximum absolute atomic E-state index is 12.2. The van der Waals surface area contributed by atoms with Crippen LogP contribution in [0, 0.1) is 0 Å². The Morgan fingerprint density at radius 2 is 1.86 bits per heavy atom. The molecule has 0 spiro atoms. The zero-order valence-corrected chi connectivity index (χ0v) is 12.4. The van der Waals surface area contributed by atoms with Crippen LogP contribution in [0.5, 0.6) is 11.5 Å². The molecule has 0 heterocycles. The minimum atomic E-state index is -0.345. The number of nitrogens with two attached hydrogens (primary N) is 1. The molecule has 0 fully saturated rings. The first-order chi connectivity index (χ1) is 10.1. The Balaban J connectivity index is 2.25. The first-order valence-electron chi connectivity index (χ1n) is 6.14. The van der Waals surface area contributed by atoms with Crippen molar-refractivity contribution >= 4 is 28.9 Å². The molecule has 0 radical (unpaired) electrons. The van der Waals surface area contributed by atoms with Gasteiger partial charge < -0.3 is 20.5 Å². The lowest BCUT2D eigenvalue weighted by Gasteiger charge is -2.11. The maximum atomic E-state index is 12.2. The summed E-state index contributed by atoms with van der Waals surface area (Å²) in [5.74, 6) is 0.759. The average molecular weight is 307 g/mol. The zero-order chi connectivity index (χ0) is 15.4. The molecule has 0 aliphatic heterocycles. The molecule has 21 heavy (non-hydrogen) atoms. The third-order valence-corrected chi connectivity index (χ3v) is 3.27. The number of nitrogens with one attached hydrogen (secondary N) is 1. The van der Waals surface area contributed by atoms with Gasteiger partial charge in [0.15, 0.2) is 11.5 Å². The summed E-state index contributed by atoms with van der Waals surface area (Å²) in [5.41, 5.74) is 6.93. The van der Waals surface area contributed by atoms with Crippen LogP contribution in [0.25, 0.3) is 0 Å². The normalized spacial score (nSPS) is 10.0. The third kappa shape index (κ3) is 3.20. The highest BCUT2D eigenvalue weighted by Crippen LogP contribution is 2.30. The molecule has 110 valence electrons. The highest BCUT2D eigenvalue weighted by Gasteiger charge is 2.13. The highest BCUT2D eigenvalue weighted by atomic mass is 35.5. The quantitative estimate of drug-likeness (QED) is 0.851. The number of benzene rings is 2. The molecule has 0 bridgehead atoms. The van der Waals surface area contributed by atoms with Crippen LogP contribution < -0.4 is 20.5 Å². The Morgan fingerprint density at radius 3 is 2.52 bits per heavy atom. The minimum Gasteiger partial charge on any atom is -0.493 e. The van der Waals surface area contributed by atoms with E-state index in [1.165, 1.54) is 7.11 Å². The summed E-state index contributed by atoms with van der Waals surface area (Å²) in [4.78, 5) is 12.2. The van der Waals surface area contributed by atoms with Gasteiger partial charge in [-0.05, 0) is 24.3 Å². The second-order valence-electron chi connectivity index (χ2n) is 4.22. The number of rotatable bonds is 4. The van der Waals surface area contributed by atoms with Crippen molar-refractivity contribution in [3.05, 3.63) is 47.0 Å². The fourth-order valence-electron chi connectivity index (χ4n) is 1.85. The molecule has 5 nitrogen and oxygen atoms in total. The van der Waals surface area contributed by atoms with Gasteiger partial charge in [0.2, 0.25) is 0 Å². The average Bonchev–Trinajstić information content (AvgIpc) is 2.49. The van der Waals surface area contributed by atoms with E-state index in [4.69, 9.17) is 26.8 Å². The minimum absolute atomic E-state index is 0.247. The Kier molecular flexibility index (Phi) is 4.55. The number of carbonyl (C=O) groups is 1. The summed E-state index contributed by atoms with van der Waals surface area (Å²) in [7, 11) is 3.07. The molecule has 0 saturated heterocycles. The number of methoxy groups -OCH3 is 2. The molecule has 1 amide bonds. The number of carbonyl (C=O) groups excluding carboxylic acids is 1. The number of amides is 1. The van der Waals surface area contributed by atoms with Gasteiger partial charge >= 0.3 is 0 Å². The molecule has 0 aliphatic carbocycles. The lowest BCUT2D eigenvalue weighted by molar-refractivity contribution is 0.102. The monoisotopic (exact) mass is 306 g/mol. The van der Waals surface area contributed by atoms with Crippen molar-refractivity contribution in [3.63, 3.8) is 0 Å². The SMILES string of the molecule is COc1ccc(NC(=O)c2cccc(Cl)c2N)cc1OC. The van der Waals surface area contributed by atoms with Crippen LogP contribution in [0.4, 0.5) is 11.4 Å². The van der Waals surface area contributed by atoms with Gasteiger partial charge in [0.25, 0.3) is 5.91 Å². The number of hydrogen-bond donors (Lipinski definition) is 2. The van der Waals surface area contributed by atoms with Crippen LogP contribution in [0.15, 0.2) is 36.4 Å². The van der Waals surface area contributed by atoms with Gasteiger partial charge in [-0.3, -0.25) is 4.79 Å². The third-order valence-electron chi connectivity index (χ3n) is 2.94. The van der Waals surface area contributed by atoms with Gasteiger partial charge in [-0.15, -0.1) is 0 Å². The van der Waals surface area contributed by atoms with Crippen molar-refractivity contribution in [3.8, 4) is 11.5 Å². The van der Waals surface area contributed by atoms with Crippen molar-refractivity contribution in [2.75, 3.05) is 25.3 Å². The van der Waals surface area contributed by atoms with Gasteiger partial charge in [0.05, 0.1) is 30.5 Å². The summed E-state index contributed by atoms with van der Waals surface area (Å²) in [6, 6.07) is 9.98. The van der Waals surface area contributed by atoms with Gasteiger partial charge in [-0.25, -0.2) is 0 Å². The largest absolute Gasteiger partial charge is 0.493 e. The predicted molar refractivity (Wildman–Crippen MR) is 83.4 cm³/mol. The molecule has 2 rings (SSSR count). The molecular weight excluding hydrogens is 292 g/mol. The van der Waals surface area contributed by atoms with E-state index in [1.54, 1.807) is 43.5 Å². The van der Waals surface area contributed by atoms with E-state index < -0.39 is 0 Å². The first kappa shape index (κ1) is 15.0. The van der Waals surface area contributed by atoms with E-state index in [9.17, 15) is 4.79 Å².